The molecule has 1 N–H and O–H groups in total. The number of hydrogen-bond donors (Lipinski definition) is 1. The molecule has 0 unspecified atom stereocenters. The molecule has 0 aliphatic rings. The van der Waals surface area contributed by atoms with E-state index in [1.807, 2.05) is 12.3 Å². The van der Waals surface area contributed by atoms with Crippen LogP contribution in [0.25, 0.3) is 11.0 Å². The average molecular weight is 317 g/mol. The third-order valence-electron chi connectivity index (χ3n) is 3.07. The minimum atomic E-state index is -0.134. The van der Waals surface area contributed by atoms with Crippen LogP contribution in [0, 0.1) is 0 Å². The molecule has 0 atom stereocenters. The van der Waals surface area contributed by atoms with Crippen molar-refractivity contribution in [2.45, 2.75) is 6.54 Å². The maximum Gasteiger partial charge on any atom is 0.251 e. The van der Waals surface area contributed by atoms with Crippen LogP contribution in [0.15, 0.2) is 36.7 Å². The quantitative estimate of drug-likeness (QED) is 0.665. The van der Waals surface area contributed by atoms with E-state index in [1.54, 1.807) is 29.1 Å². The van der Waals surface area contributed by atoms with Crippen LogP contribution in [0.2, 0.25) is 0 Å². The predicted molar refractivity (Wildman–Crippen MR) is 82.8 cm³/mol. The van der Waals surface area contributed by atoms with E-state index in [1.165, 1.54) is 0 Å². The lowest BCUT2D eigenvalue weighted by atomic mass is 10.2. The van der Waals surface area contributed by atoms with Crippen LogP contribution in [0.1, 0.15) is 10.4 Å². The number of carbonyl (C=O) groups excluding carboxylic acids is 1. The topological polar surface area (TPSA) is 81.9 Å². The first-order chi connectivity index (χ1) is 10.8. The maximum absolute atomic E-state index is 12.0. The summed E-state index contributed by atoms with van der Waals surface area (Å²) >= 11 is 1.14. The maximum atomic E-state index is 12.0. The number of nitrogens with one attached hydrogen (secondary N) is 1. The molecule has 0 saturated carbocycles. The molecule has 0 spiro atoms. The molecule has 0 aliphatic heterocycles. The van der Waals surface area contributed by atoms with Crippen LogP contribution in [0.4, 0.5) is 0 Å². The first kappa shape index (κ1) is 14.6. The Balaban J connectivity index is 1.38. The molecule has 22 heavy (non-hydrogen) atoms. The molecular weight excluding hydrogens is 302 g/mol. The highest BCUT2D eigenvalue weighted by Crippen LogP contribution is 2.13. The van der Waals surface area contributed by atoms with Crippen molar-refractivity contribution in [1.82, 2.24) is 23.8 Å². The molecule has 114 valence electrons. The highest BCUT2D eigenvalue weighted by atomic mass is 32.1. The summed E-state index contributed by atoms with van der Waals surface area (Å²) in [6.45, 7) is 2.20. The number of aromatic nitrogens is 4. The van der Waals surface area contributed by atoms with Crippen molar-refractivity contribution < 1.29 is 9.53 Å². The molecule has 0 aliphatic carbocycles. The SMILES string of the molecule is O=C(NCCOCCn1cccn1)c1ccc2nsnc2c1. The van der Waals surface area contributed by atoms with Gasteiger partial charge in [-0.05, 0) is 24.3 Å². The van der Waals surface area contributed by atoms with Gasteiger partial charge in [-0.1, -0.05) is 0 Å². The lowest BCUT2D eigenvalue weighted by Gasteiger charge is -2.06. The minimum absolute atomic E-state index is 0.134. The Bertz CT molecular complexity index is 741. The summed E-state index contributed by atoms with van der Waals surface area (Å²) in [6, 6.07) is 7.16. The Morgan fingerprint density at radius 1 is 1.27 bits per heavy atom. The van der Waals surface area contributed by atoms with Crippen LogP contribution in [0.5, 0.6) is 0 Å². The molecule has 2 aromatic heterocycles. The van der Waals surface area contributed by atoms with Gasteiger partial charge < -0.3 is 10.1 Å². The lowest BCUT2D eigenvalue weighted by Crippen LogP contribution is -2.27. The number of hydrogen-bond acceptors (Lipinski definition) is 6. The van der Waals surface area contributed by atoms with E-state index in [0.29, 0.717) is 31.9 Å². The second kappa shape index (κ2) is 7.10. The minimum Gasteiger partial charge on any atom is -0.378 e. The number of carbonyl (C=O) groups is 1. The van der Waals surface area contributed by atoms with Gasteiger partial charge in [-0.2, -0.15) is 13.8 Å². The summed E-state index contributed by atoms with van der Waals surface area (Å²) in [5.74, 6) is -0.134. The van der Waals surface area contributed by atoms with Gasteiger partial charge >= 0.3 is 0 Å². The molecule has 2 heterocycles. The molecule has 3 rings (SSSR count). The normalized spacial score (nSPS) is 10.9. The zero-order valence-electron chi connectivity index (χ0n) is 11.8. The predicted octanol–water partition coefficient (Wildman–Crippen LogP) is 1.33. The Labute approximate surface area is 131 Å². The largest absolute Gasteiger partial charge is 0.378 e. The fraction of sp³-hybridized carbons (Fsp3) is 0.286. The first-order valence-corrected chi connectivity index (χ1v) is 7.62. The van der Waals surface area contributed by atoms with Crippen LogP contribution in [0.3, 0.4) is 0 Å². The Kier molecular flexibility index (Phi) is 4.71. The summed E-state index contributed by atoms with van der Waals surface area (Å²) in [6.07, 6.45) is 3.61. The zero-order valence-corrected chi connectivity index (χ0v) is 12.6. The van der Waals surface area contributed by atoms with E-state index in [0.717, 1.165) is 22.8 Å². The smallest absolute Gasteiger partial charge is 0.251 e. The van der Waals surface area contributed by atoms with Gasteiger partial charge in [0.25, 0.3) is 5.91 Å². The standard InChI is InChI=1S/C14H15N5O2S/c20-14(11-2-3-12-13(10-11)18-22-17-12)15-5-8-21-9-7-19-6-1-4-16-19/h1-4,6,10H,5,7-9H2,(H,15,20). The molecule has 0 radical (unpaired) electrons. The van der Waals surface area contributed by atoms with Gasteiger partial charge in [-0.15, -0.1) is 0 Å². The zero-order chi connectivity index (χ0) is 15.2. The Morgan fingerprint density at radius 2 is 2.18 bits per heavy atom. The highest BCUT2D eigenvalue weighted by Gasteiger charge is 2.07. The molecule has 1 aromatic carbocycles. The summed E-state index contributed by atoms with van der Waals surface area (Å²) in [5.41, 5.74) is 2.13. The van der Waals surface area contributed by atoms with Gasteiger partial charge in [0.05, 0.1) is 31.5 Å². The fourth-order valence-corrected chi connectivity index (χ4v) is 2.47. The molecule has 0 fully saturated rings. The molecule has 3 aromatic rings. The van der Waals surface area contributed by atoms with Crippen molar-refractivity contribution in [2.75, 3.05) is 19.8 Å². The van der Waals surface area contributed by atoms with Gasteiger partial charge in [0, 0.05) is 24.5 Å². The fourth-order valence-electron chi connectivity index (χ4n) is 1.96. The second-order valence-corrected chi connectivity index (χ2v) is 5.13. The Morgan fingerprint density at radius 3 is 3.05 bits per heavy atom. The van der Waals surface area contributed by atoms with Gasteiger partial charge in [-0.3, -0.25) is 9.48 Å². The van der Waals surface area contributed by atoms with Gasteiger partial charge in [0.15, 0.2) is 0 Å². The van der Waals surface area contributed by atoms with Crippen molar-refractivity contribution in [3.63, 3.8) is 0 Å². The number of ether oxygens (including phenoxy) is 1. The van der Waals surface area contributed by atoms with Crippen molar-refractivity contribution in [3.8, 4) is 0 Å². The van der Waals surface area contributed by atoms with Crippen LogP contribution in [-0.4, -0.2) is 44.2 Å². The van der Waals surface area contributed by atoms with Gasteiger partial charge in [0.2, 0.25) is 0 Å². The molecular formula is C14H15N5O2S. The number of nitrogens with zero attached hydrogens (tertiary/aromatic N) is 4. The van der Waals surface area contributed by atoms with Crippen molar-refractivity contribution in [2.24, 2.45) is 0 Å². The molecule has 0 bridgehead atoms. The molecule has 7 nitrogen and oxygen atoms in total. The third kappa shape index (κ3) is 3.66. The highest BCUT2D eigenvalue weighted by molar-refractivity contribution is 7.00. The number of fused-ring (bicyclic) bond motifs is 1. The van der Waals surface area contributed by atoms with Crippen LogP contribution >= 0.6 is 11.7 Å². The van der Waals surface area contributed by atoms with Gasteiger partial charge in [0.1, 0.15) is 11.0 Å². The number of benzene rings is 1. The first-order valence-electron chi connectivity index (χ1n) is 6.88. The summed E-state index contributed by atoms with van der Waals surface area (Å²) in [7, 11) is 0. The molecule has 1 amide bonds. The third-order valence-corrected chi connectivity index (χ3v) is 3.63. The lowest BCUT2D eigenvalue weighted by molar-refractivity contribution is 0.0906. The number of rotatable bonds is 7. The van der Waals surface area contributed by atoms with E-state index in [-0.39, 0.29) is 5.91 Å². The number of amides is 1. The van der Waals surface area contributed by atoms with E-state index in [9.17, 15) is 4.79 Å². The molecule has 0 saturated heterocycles. The van der Waals surface area contributed by atoms with Crippen LogP contribution in [-0.2, 0) is 11.3 Å². The van der Waals surface area contributed by atoms with Crippen molar-refractivity contribution >= 4 is 28.7 Å². The summed E-state index contributed by atoms with van der Waals surface area (Å²) < 4.78 is 15.5. The average Bonchev–Trinajstić information content (AvgIpc) is 3.20. The van der Waals surface area contributed by atoms with E-state index in [2.05, 4.69) is 19.2 Å². The van der Waals surface area contributed by atoms with E-state index >= 15 is 0 Å². The van der Waals surface area contributed by atoms with Gasteiger partial charge in [-0.25, -0.2) is 0 Å². The van der Waals surface area contributed by atoms with Crippen molar-refractivity contribution in [1.29, 1.82) is 0 Å². The monoisotopic (exact) mass is 317 g/mol. The van der Waals surface area contributed by atoms with E-state index < -0.39 is 0 Å². The second-order valence-electron chi connectivity index (χ2n) is 4.61. The van der Waals surface area contributed by atoms with E-state index in [4.69, 9.17) is 4.74 Å². The summed E-state index contributed by atoms with van der Waals surface area (Å²) in [4.78, 5) is 12.0. The summed E-state index contributed by atoms with van der Waals surface area (Å²) in [5, 5.41) is 6.90. The van der Waals surface area contributed by atoms with Crippen LogP contribution < -0.4 is 5.32 Å². The molecule has 8 heteroatoms. The van der Waals surface area contributed by atoms with Crippen molar-refractivity contribution in [3.05, 3.63) is 42.2 Å². The Hall–Kier alpha value is -2.32.